The number of urea groups is 1. The SMILES string of the molecule is CC1CCC(=NC(=O)Nc2ccc([N+](=O)[O-])cc2)N1C. The summed E-state index contributed by atoms with van der Waals surface area (Å²) >= 11 is 0. The van der Waals surface area contributed by atoms with Gasteiger partial charge in [0.05, 0.1) is 4.92 Å². The highest BCUT2D eigenvalue weighted by Gasteiger charge is 2.22. The third kappa shape index (κ3) is 3.11. The second-order valence-electron chi connectivity index (χ2n) is 4.76. The lowest BCUT2D eigenvalue weighted by molar-refractivity contribution is -0.384. The molecule has 1 saturated heterocycles. The summed E-state index contributed by atoms with van der Waals surface area (Å²) in [6.07, 6.45) is 1.77. The molecule has 1 fully saturated rings. The van der Waals surface area contributed by atoms with Crippen molar-refractivity contribution in [1.82, 2.24) is 4.90 Å². The van der Waals surface area contributed by atoms with Crippen molar-refractivity contribution in [3.8, 4) is 0 Å². The summed E-state index contributed by atoms with van der Waals surface area (Å²) in [6, 6.07) is 5.57. The lowest BCUT2D eigenvalue weighted by Crippen LogP contribution is -2.27. The van der Waals surface area contributed by atoms with E-state index in [1.54, 1.807) is 0 Å². The molecule has 0 spiro atoms. The molecule has 2 rings (SSSR count). The number of nitro groups is 1. The molecular formula is C13H16N4O3. The Balaban J connectivity index is 2.01. The molecule has 0 bridgehead atoms. The number of likely N-dealkylation sites (tertiary alicyclic amines) is 1. The molecule has 1 N–H and O–H groups in total. The lowest BCUT2D eigenvalue weighted by Gasteiger charge is -2.17. The fourth-order valence-electron chi connectivity index (χ4n) is 2.03. The molecule has 0 aromatic heterocycles. The normalized spacial score (nSPS) is 20.2. The average Bonchev–Trinajstić information content (AvgIpc) is 2.71. The summed E-state index contributed by atoms with van der Waals surface area (Å²) in [5, 5.41) is 13.1. The molecule has 1 atom stereocenters. The van der Waals surface area contributed by atoms with Crippen molar-refractivity contribution in [2.75, 3.05) is 12.4 Å². The van der Waals surface area contributed by atoms with Gasteiger partial charge in [0, 0.05) is 37.3 Å². The van der Waals surface area contributed by atoms with Gasteiger partial charge in [-0.05, 0) is 25.5 Å². The summed E-state index contributed by atoms with van der Waals surface area (Å²) in [5.74, 6) is 0.761. The van der Waals surface area contributed by atoms with Crippen LogP contribution in [0.4, 0.5) is 16.2 Å². The van der Waals surface area contributed by atoms with E-state index in [0.29, 0.717) is 11.7 Å². The van der Waals surface area contributed by atoms with E-state index in [1.165, 1.54) is 24.3 Å². The zero-order valence-corrected chi connectivity index (χ0v) is 11.4. The number of benzene rings is 1. The molecule has 1 unspecified atom stereocenters. The number of nitro benzene ring substituents is 1. The van der Waals surface area contributed by atoms with Gasteiger partial charge < -0.3 is 10.2 Å². The second kappa shape index (κ2) is 5.68. The monoisotopic (exact) mass is 276 g/mol. The fraction of sp³-hybridized carbons (Fsp3) is 0.385. The van der Waals surface area contributed by atoms with Crippen LogP contribution in [0.15, 0.2) is 29.3 Å². The van der Waals surface area contributed by atoms with Crippen LogP contribution in [-0.4, -0.2) is 34.8 Å². The van der Waals surface area contributed by atoms with Crippen LogP contribution in [0, 0.1) is 10.1 Å². The number of amides is 2. The summed E-state index contributed by atoms with van der Waals surface area (Å²) in [4.78, 5) is 27.8. The molecule has 20 heavy (non-hydrogen) atoms. The van der Waals surface area contributed by atoms with E-state index in [0.717, 1.165) is 18.7 Å². The Bertz CT molecular complexity index is 553. The average molecular weight is 276 g/mol. The van der Waals surface area contributed by atoms with E-state index >= 15 is 0 Å². The van der Waals surface area contributed by atoms with Crippen molar-refractivity contribution < 1.29 is 9.72 Å². The van der Waals surface area contributed by atoms with Gasteiger partial charge >= 0.3 is 6.03 Å². The van der Waals surface area contributed by atoms with Gasteiger partial charge in [-0.1, -0.05) is 0 Å². The first-order chi connectivity index (χ1) is 9.47. The van der Waals surface area contributed by atoms with Crippen LogP contribution in [-0.2, 0) is 0 Å². The zero-order chi connectivity index (χ0) is 14.7. The van der Waals surface area contributed by atoms with Gasteiger partial charge in [-0.2, -0.15) is 4.99 Å². The molecule has 0 saturated carbocycles. The second-order valence-corrected chi connectivity index (χ2v) is 4.76. The summed E-state index contributed by atoms with van der Waals surface area (Å²) in [5.41, 5.74) is 0.470. The molecule has 1 heterocycles. The largest absolute Gasteiger partial charge is 0.360 e. The van der Waals surface area contributed by atoms with Gasteiger partial charge in [-0.3, -0.25) is 10.1 Å². The quantitative estimate of drug-likeness (QED) is 0.664. The number of hydrogen-bond acceptors (Lipinski definition) is 3. The van der Waals surface area contributed by atoms with E-state index < -0.39 is 11.0 Å². The topological polar surface area (TPSA) is 87.8 Å². The van der Waals surface area contributed by atoms with E-state index in [2.05, 4.69) is 17.2 Å². The van der Waals surface area contributed by atoms with Crippen molar-refractivity contribution in [3.05, 3.63) is 34.4 Å². The van der Waals surface area contributed by atoms with Crippen LogP contribution in [0.1, 0.15) is 19.8 Å². The number of amidine groups is 1. The minimum atomic E-state index is -0.485. The molecule has 1 aromatic rings. The Morgan fingerprint density at radius 1 is 1.45 bits per heavy atom. The van der Waals surface area contributed by atoms with Crippen molar-refractivity contribution in [2.45, 2.75) is 25.8 Å². The molecule has 106 valence electrons. The van der Waals surface area contributed by atoms with Crippen molar-refractivity contribution >= 4 is 23.2 Å². The van der Waals surface area contributed by atoms with Crippen molar-refractivity contribution in [3.63, 3.8) is 0 Å². The minimum Gasteiger partial charge on any atom is -0.360 e. The zero-order valence-electron chi connectivity index (χ0n) is 11.4. The predicted octanol–water partition coefficient (Wildman–Crippen LogP) is 2.64. The van der Waals surface area contributed by atoms with Crippen LogP contribution in [0.3, 0.4) is 0 Å². The first-order valence-corrected chi connectivity index (χ1v) is 6.33. The van der Waals surface area contributed by atoms with Crippen LogP contribution in [0.25, 0.3) is 0 Å². The van der Waals surface area contributed by atoms with Crippen molar-refractivity contribution in [1.29, 1.82) is 0 Å². The molecular weight excluding hydrogens is 260 g/mol. The first-order valence-electron chi connectivity index (χ1n) is 6.33. The van der Waals surface area contributed by atoms with E-state index in [1.807, 2.05) is 11.9 Å². The Morgan fingerprint density at radius 2 is 2.10 bits per heavy atom. The van der Waals surface area contributed by atoms with Gasteiger partial charge in [-0.15, -0.1) is 0 Å². The highest BCUT2D eigenvalue weighted by molar-refractivity contribution is 6.00. The molecule has 1 aromatic carbocycles. The smallest absolute Gasteiger partial charge is 0.347 e. The Morgan fingerprint density at radius 3 is 2.60 bits per heavy atom. The van der Waals surface area contributed by atoms with E-state index in [9.17, 15) is 14.9 Å². The molecule has 1 aliphatic heterocycles. The molecule has 1 aliphatic rings. The third-order valence-corrected chi connectivity index (χ3v) is 3.41. The maximum atomic E-state index is 11.8. The third-order valence-electron chi connectivity index (χ3n) is 3.41. The lowest BCUT2D eigenvalue weighted by atomic mass is 10.2. The Kier molecular flexibility index (Phi) is 3.97. The standard InChI is InChI=1S/C13H16N4O3/c1-9-3-8-12(16(9)2)15-13(18)14-10-4-6-11(7-5-10)17(19)20/h4-7,9H,3,8H2,1-2H3,(H,14,18). The molecule has 7 nitrogen and oxygen atoms in total. The first kappa shape index (κ1) is 14.0. The summed E-state index contributed by atoms with van der Waals surface area (Å²) in [7, 11) is 1.91. The number of nitrogens with zero attached hydrogens (tertiary/aromatic N) is 3. The number of anilines is 1. The van der Waals surface area contributed by atoms with E-state index in [4.69, 9.17) is 0 Å². The predicted molar refractivity (Wildman–Crippen MR) is 76.0 cm³/mol. The van der Waals surface area contributed by atoms with Gasteiger partial charge in [-0.25, -0.2) is 4.79 Å². The molecule has 2 amide bonds. The summed E-state index contributed by atoms with van der Waals surface area (Å²) < 4.78 is 0. The minimum absolute atomic E-state index is 0.0151. The Hall–Kier alpha value is -2.44. The Labute approximate surface area is 116 Å². The molecule has 7 heteroatoms. The fourth-order valence-corrected chi connectivity index (χ4v) is 2.03. The van der Waals surface area contributed by atoms with Gasteiger partial charge in [0.15, 0.2) is 0 Å². The maximum Gasteiger partial charge on any atom is 0.347 e. The number of carbonyl (C=O) groups excluding carboxylic acids is 1. The molecule has 0 aliphatic carbocycles. The van der Waals surface area contributed by atoms with E-state index in [-0.39, 0.29) is 5.69 Å². The number of aliphatic imine (C=N–C) groups is 1. The number of non-ortho nitro benzene ring substituents is 1. The highest BCUT2D eigenvalue weighted by Crippen LogP contribution is 2.18. The van der Waals surface area contributed by atoms with Gasteiger partial charge in [0.1, 0.15) is 5.84 Å². The van der Waals surface area contributed by atoms with Gasteiger partial charge in [0.25, 0.3) is 5.69 Å². The highest BCUT2D eigenvalue weighted by atomic mass is 16.6. The van der Waals surface area contributed by atoms with Crippen LogP contribution < -0.4 is 5.32 Å². The molecule has 0 radical (unpaired) electrons. The van der Waals surface area contributed by atoms with Gasteiger partial charge in [0.2, 0.25) is 0 Å². The number of carbonyl (C=O) groups is 1. The van der Waals surface area contributed by atoms with Crippen LogP contribution in [0.5, 0.6) is 0 Å². The van der Waals surface area contributed by atoms with Crippen LogP contribution in [0.2, 0.25) is 0 Å². The maximum absolute atomic E-state index is 11.8. The number of nitrogens with one attached hydrogen (secondary N) is 1. The number of hydrogen-bond donors (Lipinski definition) is 1. The van der Waals surface area contributed by atoms with Crippen molar-refractivity contribution in [2.24, 2.45) is 4.99 Å². The summed E-state index contributed by atoms with van der Waals surface area (Å²) in [6.45, 7) is 2.08. The number of rotatable bonds is 2. The van der Waals surface area contributed by atoms with Crippen LogP contribution >= 0.6 is 0 Å².